The highest BCUT2D eigenvalue weighted by molar-refractivity contribution is 7.99. The molecule has 0 spiro atoms. The van der Waals surface area contributed by atoms with Crippen LogP contribution in [-0.2, 0) is 24.2 Å². The first-order valence-corrected chi connectivity index (χ1v) is 10.7. The molecule has 28 heavy (non-hydrogen) atoms. The quantitative estimate of drug-likeness (QED) is 0.588. The van der Waals surface area contributed by atoms with E-state index in [1.54, 1.807) is 0 Å². The first-order chi connectivity index (χ1) is 13.6. The summed E-state index contributed by atoms with van der Waals surface area (Å²) in [4.78, 5) is 12.4. The van der Waals surface area contributed by atoms with E-state index in [-0.39, 0.29) is 11.7 Å². The Morgan fingerprint density at radius 3 is 2.86 bits per heavy atom. The van der Waals surface area contributed by atoms with Gasteiger partial charge in [0.05, 0.1) is 5.75 Å². The molecule has 2 aromatic carbocycles. The number of halogens is 1. The molecule has 5 nitrogen and oxygen atoms in total. The summed E-state index contributed by atoms with van der Waals surface area (Å²) in [6.07, 6.45) is 3.44. The van der Waals surface area contributed by atoms with E-state index in [2.05, 4.69) is 27.6 Å². The number of carbonyl (C=O) groups excluding carboxylic acids is 1. The molecule has 1 aliphatic carbocycles. The Labute approximate surface area is 173 Å². The van der Waals surface area contributed by atoms with Crippen LogP contribution in [0, 0.1) is 0 Å². The van der Waals surface area contributed by atoms with E-state index in [1.807, 2.05) is 41.8 Å². The molecule has 1 heterocycles. The molecule has 0 radical (unpaired) electrons. The fraction of sp³-hybridized carbons (Fsp3) is 0.286. The van der Waals surface area contributed by atoms with Crippen LogP contribution >= 0.6 is 23.4 Å². The third kappa shape index (κ3) is 4.08. The van der Waals surface area contributed by atoms with Crippen molar-refractivity contribution in [3.05, 3.63) is 58.6 Å². The molecule has 144 valence electrons. The Morgan fingerprint density at radius 1 is 1.18 bits per heavy atom. The van der Waals surface area contributed by atoms with Gasteiger partial charge in [0.25, 0.3) is 0 Å². The lowest BCUT2D eigenvalue weighted by Crippen LogP contribution is -2.14. The first kappa shape index (κ1) is 19.0. The second-order valence-electron chi connectivity index (χ2n) is 6.73. The van der Waals surface area contributed by atoms with Gasteiger partial charge in [0.1, 0.15) is 0 Å². The van der Waals surface area contributed by atoms with E-state index >= 15 is 0 Å². The summed E-state index contributed by atoms with van der Waals surface area (Å²) in [6, 6.07) is 13.7. The number of aromatic nitrogens is 3. The fourth-order valence-corrected chi connectivity index (χ4v) is 4.49. The molecule has 0 saturated heterocycles. The lowest BCUT2D eigenvalue weighted by molar-refractivity contribution is -0.113. The molecule has 1 aliphatic rings. The van der Waals surface area contributed by atoms with Gasteiger partial charge >= 0.3 is 0 Å². The summed E-state index contributed by atoms with van der Waals surface area (Å²) in [5.74, 6) is 0.995. The van der Waals surface area contributed by atoms with Crippen LogP contribution in [-0.4, -0.2) is 26.4 Å². The molecule has 1 N–H and O–H groups in total. The standard InChI is InChI=1S/C21H21ClN4OS/c1-2-26-20(16-7-4-8-17(22)11-16)24-25-21(26)28-13-19(27)23-18-10-9-14-5-3-6-15(14)12-18/h4,7-12H,2-3,5-6,13H2,1H3,(H,23,27). The van der Waals surface area contributed by atoms with Crippen LogP contribution in [0.2, 0.25) is 5.02 Å². The van der Waals surface area contributed by atoms with Crippen LogP contribution in [0.15, 0.2) is 47.6 Å². The van der Waals surface area contributed by atoms with Crippen molar-refractivity contribution < 1.29 is 4.79 Å². The van der Waals surface area contributed by atoms with Crippen molar-refractivity contribution in [3.8, 4) is 11.4 Å². The molecule has 0 saturated carbocycles. The zero-order chi connectivity index (χ0) is 19.5. The maximum atomic E-state index is 12.4. The maximum Gasteiger partial charge on any atom is 0.234 e. The van der Waals surface area contributed by atoms with Gasteiger partial charge in [-0.05, 0) is 61.6 Å². The van der Waals surface area contributed by atoms with Gasteiger partial charge in [-0.25, -0.2) is 0 Å². The average molecular weight is 413 g/mol. The van der Waals surface area contributed by atoms with Gasteiger partial charge in [0, 0.05) is 22.8 Å². The minimum absolute atomic E-state index is 0.0436. The topological polar surface area (TPSA) is 59.8 Å². The van der Waals surface area contributed by atoms with E-state index in [1.165, 1.54) is 29.3 Å². The Hall–Kier alpha value is -2.31. The molecular formula is C21H21ClN4OS. The Kier molecular flexibility index (Phi) is 5.69. The Bertz CT molecular complexity index is 1020. The molecule has 1 amide bonds. The monoisotopic (exact) mass is 412 g/mol. The summed E-state index contributed by atoms with van der Waals surface area (Å²) < 4.78 is 2.00. The number of thioether (sulfide) groups is 1. The van der Waals surface area contributed by atoms with Crippen LogP contribution in [0.5, 0.6) is 0 Å². The fourth-order valence-electron chi connectivity index (χ4n) is 3.50. The highest BCUT2D eigenvalue weighted by Gasteiger charge is 2.16. The van der Waals surface area contributed by atoms with Crippen LogP contribution in [0.25, 0.3) is 11.4 Å². The minimum atomic E-state index is -0.0436. The van der Waals surface area contributed by atoms with Gasteiger partial charge < -0.3 is 9.88 Å². The van der Waals surface area contributed by atoms with Crippen LogP contribution < -0.4 is 5.32 Å². The van der Waals surface area contributed by atoms with E-state index < -0.39 is 0 Å². The van der Waals surface area contributed by atoms with E-state index in [0.717, 1.165) is 35.1 Å². The molecule has 0 bridgehead atoms. The van der Waals surface area contributed by atoms with Crippen LogP contribution in [0.3, 0.4) is 0 Å². The number of carbonyl (C=O) groups is 1. The summed E-state index contributed by atoms with van der Waals surface area (Å²) in [7, 11) is 0. The highest BCUT2D eigenvalue weighted by Crippen LogP contribution is 2.27. The summed E-state index contributed by atoms with van der Waals surface area (Å²) >= 11 is 7.48. The Morgan fingerprint density at radius 2 is 2.04 bits per heavy atom. The lowest BCUT2D eigenvalue weighted by atomic mass is 10.1. The molecule has 0 fully saturated rings. The SMILES string of the molecule is CCn1c(SCC(=O)Nc2ccc3c(c2)CCC3)nnc1-c1cccc(Cl)c1. The Balaban J connectivity index is 1.42. The predicted molar refractivity (Wildman–Crippen MR) is 114 cm³/mol. The molecule has 1 aromatic heterocycles. The van der Waals surface area contributed by atoms with E-state index in [9.17, 15) is 4.79 Å². The van der Waals surface area contributed by atoms with E-state index in [4.69, 9.17) is 11.6 Å². The van der Waals surface area contributed by atoms with Crippen molar-refractivity contribution in [1.29, 1.82) is 0 Å². The molecule has 0 atom stereocenters. The number of aryl methyl sites for hydroxylation is 2. The van der Waals surface area contributed by atoms with Crippen LogP contribution in [0.1, 0.15) is 24.5 Å². The average Bonchev–Trinajstić information content (AvgIpc) is 3.32. The van der Waals surface area contributed by atoms with Gasteiger partial charge in [-0.1, -0.05) is 41.6 Å². The summed E-state index contributed by atoms with van der Waals surface area (Å²) in [6.45, 7) is 2.75. The van der Waals surface area contributed by atoms with Crippen molar-refractivity contribution in [2.24, 2.45) is 0 Å². The van der Waals surface area contributed by atoms with Gasteiger partial charge in [0.2, 0.25) is 5.91 Å². The van der Waals surface area contributed by atoms with E-state index in [0.29, 0.717) is 11.6 Å². The van der Waals surface area contributed by atoms with Gasteiger partial charge in [0.15, 0.2) is 11.0 Å². The lowest BCUT2D eigenvalue weighted by Gasteiger charge is -2.09. The van der Waals surface area contributed by atoms with Crippen molar-refractivity contribution in [3.63, 3.8) is 0 Å². The van der Waals surface area contributed by atoms with Crippen LogP contribution in [0.4, 0.5) is 5.69 Å². The van der Waals surface area contributed by atoms with Gasteiger partial charge in [-0.2, -0.15) is 0 Å². The van der Waals surface area contributed by atoms with Gasteiger partial charge in [-0.15, -0.1) is 10.2 Å². The zero-order valence-corrected chi connectivity index (χ0v) is 17.2. The normalized spacial score (nSPS) is 12.8. The van der Waals surface area contributed by atoms with Crippen molar-refractivity contribution in [2.75, 3.05) is 11.1 Å². The summed E-state index contributed by atoms with van der Waals surface area (Å²) in [5.41, 5.74) is 4.53. The third-order valence-electron chi connectivity index (χ3n) is 4.83. The van der Waals surface area contributed by atoms with Crippen molar-refractivity contribution in [1.82, 2.24) is 14.8 Å². The molecule has 3 aromatic rings. The van der Waals surface area contributed by atoms with Crippen molar-refractivity contribution in [2.45, 2.75) is 37.9 Å². The number of benzene rings is 2. The number of nitrogens with one attached hydrogen (secondary N) is 1. The zero-order valence-electron chi connectivity index (χ0n) is 15.6. The largest absolute Gasteiger partial charge is 0.325 e. The molecular weight excluding hydrogens is 392 g/mol. The number of rotatable bonds is 6. The molecule has 7 heteroatoms. The number of hydrogen-bond donors (Lipinski definition) is 1. The number of anilines is 1. The smallest absolute Gasteiger partial charge is 0.234 e. The molecule has 0 aliphatic heterocycles. The molecule has 4 rings (SSSR count). The third-order valence-corrected chi connectivity index (χ3v) is 6.03. The first-order valence-electron chi connectivity index (χ1n) is 9.37. The number of nitrogens with zero attached hydrogens (tertiary/aromatic N) is 3. The number of fused-ring (bicyclic) bond motifs is 1. The van der Waals surface area contributed by atoms with Crippen molar-refractivity contribution >= 4 is 35.0 Å². The predicted octanol–water partition coefficient (Wildman–Crippen LogP) is 4.84. The number of amides is 1. The molecule has 0 unspecified atom stereocenters. The number of hydrogen-bond acceptors (Lipinski definition) is 4. The second kappa shape index (κ2) is 8.37. The second-order valence-corrected chi connectivity index (χ2v) is 8.11. The minimum Gasteiger partial charge on any atom is -0.325 e. The van der Waals surface area contributed by atoms with Gasteiger partial charge in [-0.3, -0.25) is 4.79 Å². The maximum absolute atomic E-state index is 12.4. The summed E-state index contributed by atoms with van der Waals surface area (Å²) in [5, 5.41) is 12.9. The highest BCUT2D eigenvalue weighted by atomic mass is 35.5.